The Morgan fingerprint density at radius 2 is 2.00 bits per heavy atom. The zero-order valence-corrected chi connectivity index (χ0v) is 12.4. The Bertz CT molecular complexity index is 340. The Morgan fingerprint density at radius 1 is 1.33 bits per heavy atom. The molecule has 0 saturated carbocycles. The minimum atomic E-state index is 0.0655. The monoisotopic (exact) mass is 267 g/mol. The van der Waals surface area contributed by atoms with Crippen molar-refractivity contribution in [1.82, 2.24) is 9.88 Å². The Balaban J connectivity index is 1.99. The van der Waals surface area contributed by atoms with E-state index in [1.165, 1.54) is 38.8 Å². The lowest BCUT2D eigenvalue weighted by atomic mass is 9.90. The molecule has 1 aromatic heterocycles. The summed E-state index contributed by atoms with van der Waals surface area (Å²) in [5, 5.41) is 3.19. The summed E-state index contributed by atoms with van der Waals surface area (Å²) < 4.78 is 0. The number of nitrogens with two attached hydrogens (primary N) is 1. The summed E-state index contributed by atoms with van der Waals surface area (Å²) in [6.07, 6.45) is 8.12. The van der Waals surface area contributed by atoms with E-state index in [-0.39, 0.29) is 11.6 Å². The van der Waals surface area contributed by atoms with Crippen LogP contribution in [-0.4, -0.2) is 34.6 Å². The minimum Gasteiger partial charge on any atom is -0.326 e. The van der Waals surface area contributed by atoms with Gasteiger partial charge in [0.05, 0.1) is 5.01 Å². The first-order valence-electron chi connectivity index (χ1n) is 6.99. The van der Waals surface area contributed by atoms with Crippen LogP contribution in [0.3, 0.4) is 0 Å². The molecule has 2 rings (SSSR count). The molecule has 1 unspecified atom stereocenters. The van der Waals surface area contributed by atoms with Crippen LogP contribution < -0.4 is 5.73 Å². The van der Waals surface area contributed by atoms with Crippen molar-refractivity contribution in [2.75, 3.05) is 13.1 Å². The molecule has 1 aliphatic heterocycles. The number of likely N-dealkylation sites (tertiary alicyclic amines) is 1. The molecule has 0 spiro atoms. The summed E-state index contributed by atoms with van der Waals surface area (Å²) in [4.78, 5) is 6.93. The third-order valence-electron chi connectivity index (χ3n) is 4.21. The zero-order chi connectivity index (χ0) is 13.0. The van der Waals surface area contributed by atoms with E-state index >= 15 is 0 Å². The molecule has 3 nitrogen and oxygen atoms in total. The van der Waals surface area contributed by atoms with Gasteiger partial charge in [-0.15, -0.1) is 11.3 Å². The molecule has 4 heteroatoms. The number of thiazole rings is 1. The van der Waals surface area contributed by atoms with Crippen LogP contribution >= 0.6 is 11.3 Å². The fourth-order valence-corrected chi connectivity index (χ4v) is 3.35. The van der Waals surface area contributed by atoms with Crippen molar-refractivity contribution >= 4 is 11.3 Å². The first kappa shape index (κ1) is 14.0. The second-order valence-electron chi connectivity index (χ2n) is 5.79. The first-order chi connectivity index (χ1) is 8.60. The smallest absolute Gasteiger partial charge is 0.0940 e. The molecule has 18 heavy (non-hydrogen) atoms. The Kier molecular flexibility index (Phi) is 4.76. The standard InChI is InChI=1S/C14H25N3S/c1-14(2,17-8-5-3-4-6-9-17)12(15)11-13-16-7-10-18-13/h7,10,12H,3-6,8-9,11,15H2,1-2H3. The predicted molar refractivity (Wildman–Crippen MR) is 77.9 cm³/mol. The molecule has 102 valence electrons. The number of aromatic nitrogens is 1. The maximum Gasteiger partial charge on any atom is 0.0940 e. The van der Waals surface area contributed by atoms with Gasteiger partial charge in [0.25, 0.3) is 0 Å². The molecular formula is C14H25N3S. The molecule has 0 aliphatic carbocycles. The fraction of sp³-hybridized carbons (Fsp3) is 0.786. The van der Waals surface area contributed by atoms with Crippen molar-refractivity contribution < 1.29 is 0 Å². The number of hydrogen-bond donors (Lipinski definition) is 1. The van der Waals surface area contributed by atoms with Gasteiger partial charge < -0.3 is 5.73 Å². The molecule has 0 amide bonds. The lowest BCUT2D eigenvalue weighted by Crippen LogP contribution is -2.57. The van der Waals surface area contributed by atoms with Gasteiger partial charge in [-0.3, -0.25) is 4.90 Å². The van der Waals surface area contributed by atoms with E-state index in [0.717, 1.165) is 11.4 Å². The summed E-state index contributed by atoms with van der Waals surface area (Å²) in [5.74, 6) is 0. The maximum absolute atomic E-state index is 6.45. The van der Waals surface area contributed by atoms with Gasteiger partial charge in [-0.1, -0.05) is 12.8 Å². The Labute approximate surface area is 114 Å². The summed E-state index contributed by atoms with van der Waals surface area (Å²) in [6.45, 7) is 6.96. The van der Waals surface area contributed by atoms with E-state index in [4.69, 9.17) is 5.73 Å². The average molecular weight is 267 g/mol. The molecule has 2 heterocycles. The van der Waals surface area contributed by atoms with Crippen molar-refractivity contribution in [3.63, 3.8) is 0 Å². The second-order valence-corrected chi connectivity index (χ2v) is 6.77. The molecule has 0 aromatic carbocycles. The van der Waals surface area contributed by atoms with Crippen LogP contribution in [0.15, 0.2) is 11.6 Å². The highest BCUT2D eigenvalue weighted by Crippen LogP contribution is 2.24. The van der Waals surface area contributed by atoms with Gasteiger partial charge in [0.2, 0.25) is 0 Å². The lowest BCUT2D eigenvalue weighted by molar-refractivity contribution is 0.0979. The Hall–Kier alpha value is -0.450. The third-order valence-corrected chi connectivity index (χ3v) is 5.01. The lowest BCUT2D eigenvalue weighted by Gasteiger charge is -2.42. The molecule has 1 saturated heterocycles. The second kappa shape index (κ2) is 6.13. The molecular weight excluding hydrogens is 242 g/mol. The van der Waals surface area contributed by atoms with Gasteiger partial charge in [0, 0.05) is 29.6 Å². The van der Waals surface area contributed by atoms with Crippen molar-refractivity contribution in [1.29, 1.82) is 0 Å². The van der Waals surface area contributed by atoms with Gasteiger partial charge in [-0.2, -0.15) is 0 Å². The molecule has 2 N–H and O–H groups in total. The molecule has 1 aromatic rings. The van der Waals surface area contributed by atoms with Crippen molar-refractivity contribution in [2.45, 2.75) is 57.5 Å². The van der Waals surface area contributed by atoms with Gasteiger partial charge in [0.1, 0.15) is 0 Å². The summed E-state index contributed by atoms with van der Waals surface area (Å²) in [5.41, 5.74) is 6.52. The van der Waals surface area contributed by atoms with Crippen LogP contribution in [0.4, 0.5) is 0 Å². The van der Waals surface area contributed by atoms with Crippen molar-refractivity contribution in [3.05, 3.63) is 16.6 Å². The first-order valence-corrected chi connectivity index (χ1v) is 7.87. The molecule has 1 fully saturated rings. The maximum atomic E-state index is 6.45. The highest BCUT2D eigenvalue weighted by molar-refractivity contribution is 7.09. The quantitative estimate of drug-likeness (QED) is 0.912. The van der Waals surface area contributed by atoms with Gasteiger partial charge >= 0.3 is 0 Å². The normalized spacial score (nSPS) is 20.6. The third kappa shape index (κ3) is 3.31. The van der Waals surface area contributed by atoms with E-state index in [1.807, 2.05) is 11.6 Å². The highest BCUT2D eigenvalue weighted by atomic mass is 32.1. The molecule has 0 radical (unpaired) electrons. The largest absolute Gasteiger partial charge is 0.326 e. The van der Waals surface area contributed by atoms with Crippen LogP contribution in [0.25, 0.3) is 0 Å². The molecule has 0 bridgehead atoms. The zero-order valence-electron chi connectivity index (χ0n) is 11.6. The van der Waals surface area contributed by atoms with E-state index in [1.54, 1.807) is 11.3 Å². The summed E-state index contributed by atoms with van der Waals surface area (Å²) in [6, 6.07) is 0.154. The van der Waals surface area contributed by atoms with Gasteiger partial charge in [0.15, 0.2) is 0 Å². The van der Waals surface area contributed by atoms with Crippen LogP contribution in [0.1, 0.15) is 44.5 Å². The van der Waals surface area contributed by atoms with Gasteiger partial charge in [-0.05, 0) is 39.8 Å². The van der Waals surface area contributed by atoms with E-state index in [9.17, 15) is 0 Å². The number of hydrogen-bond acceptors (Lipinski definition) is 4. The summed E-state index contributed by atoms with van der Waals surface area (Å²) >= 11 is 1.71. The number of nitrogens with zero attached hydrogens (tertiary/aromatic N) is 2. The average Bonchev–Trinajstić information content (AvgIpc) is 2.68. The van der Waals surface area contributed by atoms with Crippen LogP contribution in [0, 0.1) is 0 Å². The predicted octanol–water partition coefficient (Wildman–Crippen LogP) is 2.67. The van der Waals surface area contributed by atoms with Crippen LogP contribution in [0.2, 0.25) is 0 Å². The van der Waals surface area contributed by atoms with Gasteiger partial charge in [-0.25, -0.2) is 4.98 Å². The fourth-order valence-electron chi connectivity index (χ4n) is 2.67. The topological polar surface area (TPSA) is 42.1 Å². The van der Waals surface area contributed by atoms with Crippen molar-refractivity contribution in [2.24, 2.45) is 5.73 Å². The number of rotatable bonds is 4. The van der Waals surface area contributed by atoms with E-state index in [2.05, 4.69) is 23.7 Å². The van der Waals surface area contributed by atoms with E-state index < -0.39 is 0 Å². The molecule has 1 atom stereocenters. The van der Waals surface area contributed by atoms with Crippen LogP contribution in [0.5, 0.6) is 0 Å². The van der Waals surface area contributed by atoms with E-state index in [0.29, 0.717) is 0 Å². The minimum absolute atomic E-state index is 0.0655. The summed E-state index contributed by atoms with van der Waals surface area (Å²) in [7, 11) is 0. The molecule has 1 aliphatic rings. The SMILES string of the molecule is CC(C)(C(N)Cc1nccs1)N1CCCCCC1. The Morgan fingerprint density at radius 3 is 2.56 bits per heavy atom. The van der Waals surface area contributed by atoms with Crippen LogP contribution in [-0.2, 0) is 6.42 Å². The van der Waals surface area contributed by atoms with Crippen molar-refractivity contribution in [3.8, 4) is 0 Å². The highest BCUT2D eigenvalue weighted by Gasteiger charge is 2.33.